The number of alkyl halides is 3. The molecule has 0 radical (unpaired) electrons. The van der Waals surface area contributed by atoms with E-state index in [9.17, 15) is 18.0 Å². The van der Waals surface area contributed by atoms with Crippen molar-refractivity contribution in [3.63, 3.8) is 0 Å². The number of allylic oxidation sites excluding steroid dienone is 1. The summed E-state index contributed by atoms with van der Waals surface area (Å²) >= 11 is 0. The van der Waals surface area contributed by atoms with Gasteiger partial charge in [0.1, 0.15) is 17.1 Å². The van der Waals surface area contributed by atoms with Gasteiger partial charge < -0.3 is 5.11 Å². The fraction of sp³-hybridized carbons (Fsp3) is 0.500. The van der Waals surface area contributed by atoms with Crippen LogP contribution in [0.15, 0.2) is 11.5 Å². The number of hydrogen-bond donors (Lipinski definition) is 2. The van der Waals surface area contributed by atoms with Crippen molar-refractivity contribution in [3.05, 3.63) is 11.5 Å². The van der Waals surface area contributed by atoms with Gasteiger partial charge in [-0.3, -0.25) is 10.1 Å². The summed E-state index contributed by atoms with van der Waals surface area (Å²) in [5.74, 6) is -1.99. The van der Waals surface area contributed by atoms with Crippen LogP contribution in [0.1, 0.15) is 13.3 Å². The zero-order chi connectivity index (χ0) is 11.9. The number of nitrogens with one attached hydrogen (secondary N) is 1. The Bertz CT molecular complexity index is 380. The summed E-state index contributed by atoms with van der Waals surface area (Å²) < 4.78 is 37.9. The van der Waals surface area contributed by atoms with Gasteiger partial charge in [-0.15, -0.1) is 0 Å². The standard InChI is InChI=1S/C8H7F3N2O2/c1-7(8(9,10)11)2-5(14)13-6(15)4(7)3-12/h15H,2H2,1H3,(H,13,14)/t7-/m0/s1. The molecule has 1 aliphatic rings. The van der Waals surface area contributed by atoms with Crippen LogP contribution in [-0.4, -0.2) is 17.2 Å². The number of hydrogen-bond acceptors (Lipinski definition) is 3. The lowest BCUT2D eigenvalue weighted by Gasteiger charge is -2.34. The van der Waals surface area contributed by atoms with Crippen LogP contribution in [0.4, 0.5) is 13.2 Å². The molecule has 0 bridgehead atoms. The lowest BCUT2D eigenvalue weighted by atomic mass is 9.77. The molecule has 1 heterocycles. The van der Waals surface area contributed by atoms with Crippen molar-refractivity contribution < 1.29 is 23.1 Å². The second kappa shape index (κ2) is 3.15. The molecule has 0 saturated carbocycles. The van der Waals surface area contributed by atoms with Crippen LogP contribution in [0.25, 0.3) is 0 Å². The third kappa shape index (κ3) is 1.63. The van der Waals surface area contributed by atoms with Crippen molar-refractivity contribution in [2.45, 2.75) is 19.5 Å². The molecule has 1 aliphatic heterocycles. The van der Waals surface area contributed by atoms with Gasteiger partial charge in [0.15, 0.2) is 0 Å². The summed E-state index contributed by atoms with van der Waals surface area (Å²) in [5.41, 5.74) is -3.48. The van der Waals surface area contributed by atoms with Gasteiger partial charge in [0.25, 0.3) is 0 Å². The molecule has 0 aliphatic carbocycles. The summed E-state index contributed by atoms with van der Waals surface area (Å²) in [6.07, 6.45) is -5.66. The summed E-state index contributed by atoms with van der Waals surface area (Å²) in [6.45, 7) is 0.709. The minimum absolute atomic E-state index is 0.709. The molecule has 0 aromatic carbocycles. The van der Waals surface area contributed by atoms with Crippen LogP contribution < -0.4 is 5.32 Å². The second-order valence-electron chi connectivity index (χ2n) is 3.39. The van der Waals surface area contributed by atoms with Crippen LogP contribution in [0.5, 0.6) is 0 Å². The highest BCUT2D eigenvalue weighted by molar-refractivity contribution is 5.81. The molecular weight excluding hydrogens is 213 g/mol. The molecule has 0 aromatic heterocycles. The van der Waals surface area contributed by atoms with Crippen molar-refractivity contribution in [1.82, 2.24) is 5.32 Å². The first-order chi connectivity index (χ1) is 6.72. The van der Waals surface area contributed by atoms with Crippen LogP contribution in [-0.2, 0) is 4.79 Å². The van der Waals surface area contributed by atoms with Gasteiger partial charge >= 0.3 is 6.18 Å². The predicted octanol–water partition coefficient (Wildman–Crippen LogP) is 1.37. The van der Waals surface area contributed by atoms with E-state index in [1.807, 2.05) is 0 Å². The van der Waals surface area contributed by atoms with Gasteiger partial charge in [0.05, 0.1) is 0 Å². The molecule has 2 N–H and O–H groups in total. The van der Waals surface area contributed by atoms with Gasteiger partial charge in [0.2, 0.25) is 11.8 Å². The van der Waals surface area contributed by atoms with Crippen LogP contribution in [0.2, 0.25) is 0 Å². The third-order valence-electron chi connectivity index (χ3n) is 2.30. The van der Waals surface area contributed by atoms with E-state index in [0.717, 1.165) is 0 Å². The van der Waals surface area contributed by atoms with Crippen LogP contribution >= 0.6 is 0 Å². The highest BCUT2D eigenvalue weighted by Crippen LogP contribution is 2.48. The predicted molar refractivity (Wildman–Crippen MR) is 42.2 cm³/mol. The first-order valence-corrected chi connectivity index (χ1v) is 3.93. The van der Waals surface area contributed by atoms with Crippen LogP contribution in [0.3, 0.4) is 0 Å². The largest absolute Gasteiger partial charge is 0.494 e. The highest BCUT2D eigenvalue weighted by atomic mass is 19.4. The van der Waals surface area contributed by atoms with Crippen molar-refractivity contribution in [1.29, 1.82) is 5.26 Å². The van der Waals surface area contributed by atoms with E-state index in [1.54, 1.807) is 5.32 Å². The molecule has 15 heavy (non-hydrogen) atoms. The Morgan fingerprint density at radius 1 is 1.60 bits per heavy atom. The van der Waals surface area contributed by atoms with E-state index in [1.165, 1.54) is 6.07 Å². The number of aliphatic hydroxyl groups excluding tert-OH is 1. The summed E-state index contributed by atoms with van der Waals surface area (Å²) in [4.78, 5) is 10.9. The Kier molecular flexibility index (Phi) is 2.39. The van der Waals surface area contributed by atoms with E-state index in [-0.39, 0.29) is 0 Å². The first-order valence-electron chi connectivity index (χ1n) is 3.93. The Balaban J connectivity index is 3.35. The quantitative estimate of drug-likeness (QED) is 0.647. The van der Waals surface area contributed by atoms with Crippen molar-refractivity contribution in [2.75, 3.05) is 0 Å². The lowest BCUT2D eigenvalue weighted by molar-refractivity contribution is -0.208. The SMILES string of the molecule is C[C@]1(C(F)(F)F)CC(=O)NC(O)=C1C#N. The van der Waals surface area contributed by atoms with E-state index in [2.05, 4.69) is 0 Å². The molecule has 0 aromatic rings. The van der Waals surface area contributed by atoms with Gasteiger partial charge in [-0.25, -0.2) is 0 Å². The van der Waals surface area contributed by atoms with Crippen LogP contribution in [0, 0.1) is 16.7 Å². The maximum absolute atomic E-state index is 12.6. The number of rotatable bonds is 0. The molecule has 7 heteroatoms. The Morgan fingerprint density at radius 2 is 2.13 bits per heavy atom. The average molecular weight is 220 g/mol. The Hall–Kier alpha value is -1.71. The topological polar surface area (TPSA) is 73.1 Å². The third-order valence-corrected chi connectivity index (χ3v) is 2.30. The molecule has 1 atom stereocenters. The normalized spacial score (nSPS) is 27.3. The minimum atomic E-state index is -4.76. The number of halogens is 3. The molecule has 0 unspecified atom stereocenters. The highest BCUT2D eigenvalue weighted by Gasteiger charge is 2.58. The molecule has 0 fully saturated rings. The molecular formula is C8H7F3N2O2. The fourth-order valence-corrected chi connectivity index (χ4v) is 1.33. The number of nitrogens with zero attached hydrogens (tertiary/aromatic N) is 1. The summed E-state index contributed by atoms with van der Waals surface area (Å²) in [5, 5.41) is 19.4. The van der Waals surface area contributed by atoms with Gasteiger partial charge in [-0.1, -0.05) is 0 Å². The summed E-state index contributed by atoms with van der Waals surface area (Å²) in [7, 11) is 0. The maximum Gasteiger partial charge on any atom is 0.399 e. The van der Waals surface area contributed by atoms with E-state index >= 15 is 0 Å². The molecule has 4 nitrogen and oxygen atoms in total. The zero-order valence-electron chi connectivity index (χ0n) is 7.64. The second-order valence-corrected chi connectivity index (χ2v) is 3.39. The Labute approximate surface area is 83.0 Å². The number of nitriles is 1. The molecule has 0 spiro atoms. The number of aliphatic hydroxyl groups is 1. The smallest absolute Gasteiger partial charge is 0.399 e. The molecule has 1 rings (SSSR count). The number of carbonyl (C=O) groups is 1. The molecule has 82 valence electrons. The maximum atomic E-state index is 12.6. The fourth-order valence-electron chi connectivity index (χ4n) is 1.33. The zero-order valence-corrected chi connectivity index (χ0v) is 7.64. The average Bonchev–Trinajstić information content (AvgIpc) is 2.00. The van der Waals surface area contributed by atoms with Crippen molar-refractivity contribution in [3.8, 4) is 6.07 Å². The van der Waals surface area contributed by atoms with Gasteiger partial charge in [-0.2, -0.15) is 18.4 Å². The van der Waals surface area contributed by atoms with Gasteiger partial charge in [0, 0.05) is 6.42 Å². The van der Waals surface area contributed by atoms with Crippen molar-refractivity contribution in [2.24, 2.45) is 5.41 Å². The number of carbonyl (C=O) groups excluding carboxylic acids is 1. The lowest BCUT2D eigenvalue weighted by Crippen LogP contribution is -2.46. The van der Waals surface area contributed by atoms with E-state index in [4.69, 9.17) is 10.4 Å². The number of amides is 1. The molecule has 0 saturated heterocycles. The van der Waals surface area contributed by atoms with E-state index in [0.29, 0.717) is 6.92 Å². The minimum Gasteiger partial charge on any atom is -0.494 e. The summed E-state index contributed by atoms with van der Waals surface area (Å²) in [6, 6.07) is 1.27. The Morgan fingerprint density at radius 3 is 2.53 bits per heavy atom. The molecule has 1 amide bonds. The van der Waals surface area contributed by atoms with E-state index < -0.39 is 35.4 Å². The first kappa shape index (κ1) is 11.4. The van der Waals surface area contributed by atoms with Gasteiger partial charge in [-0.05, 0) is 6.92 Å². The monoisotopic (exact) mass is 220 g/mol. The van der Waals surface area contributed by atoms with Crippen molar-refractivity contribution >= 4 is 5.91 Å².